The number of aliphatic hydroxyl groups excluding tert-OH is 1. The largest absolute Gasteiger partial charge is 0.492 e. The minimum Gasteiger partial charge on any atom is -0.492 e. The van der Waals surface area contributed by atoms with E-state index < -0.39 is 11.7 Å². The Bertz CT molecular complexity index is 1110. The van der Waals surface area contributed by atoms with Gasteiger partial charge in [0.1, 0.15) is 36.1 Å². The number of nitrogens with zero attached hydrogens (tertiary/aromatic N) is 3. The van der Waals surface area contributed by atoms with Crippen LogP contribution in [0.2, 0.25) is 5.02 Å². The summed E-state index contributed by atoms with van der Waals surface area (Å²) in [6.45, 7) is 8.83. The lowest BCUT2D eigenvalue weighted by molar-refractivity contribution is -0.140. The predicted molar refractivity (Wildman–Crippen MR) is 136 cm³/mol. The first-order valence-corrected chi connectivity index (χ1v) is 12.3. The van der Waals surface area contributed by atoms with Gasteiger partial charge < -0.3 is 24.3 Å². The minimum absolute atomic E-state index is 0.00828. The van der Waals surface area contributed by atoms with Crippen LogP contribution in [0.5, 0.6) is 11.5 Å². The van der Waals surface area contributed by atoms with Gasteiger partial charge in [-0.05, 0) is 68.1 Å². The van der Waals surface area contributed by atoms with Gasteiger partial charge in [-0.25, -0.2) is 4.98 Å². The van der Waals surface area contributed by atoms with Gasteiger partial charge in [0.15, 0.2) is 0 Å². The summed E-state index contributed by atoms with van der Waals surface area (Å²) >= 11 is 6.24. The van der Waals surface area contributed by atoms with Crippen LogP contribution < -0.4 is 9.47 Å². The van der Waals surface area contributed by atoms with Crippen molar-refractivity contribution in [2.75, 3.05) is 26.3 Å². The Balaban J connectivity index is 1.30. The molecule has 0 radical (unpaired) electrons. The Morgan fingerprint density at radius 3 is 2.46 bits per heavy atom. The van der Waals surface area contributed by atoms with Gasteiger partial charge in [0.2, 0.25) is 0 Å². The lowest BCUT2D eigenvalue weighted by atomic mass is 9.90. The van der Waals surface area contributed by atoms with E-state index in [2.05, 4.69) is 14.5 Å². The van der Waals surface area contributed by atoms with Gasteiger partial charge >= 0.3 is 0 Å². The highest BCUT2D eigenvalue weighted by atomic mass is 35.5. The molecule has 1 aromatic heterocycles. The van der Waals surface area contributed by atoms with Crippen molar-refractivity contribution in [1.29, 1.82) is 0 Å². The number of ether oxygens (including phenoxy) is 2. The summed E-state index contributed by atoms with van der Waals surface area (Å²) in [5.41, 5.74) is 1.60. The number of piperidine rings is 1. The van der Waals surface area contributed by atoms with E-state index in [0.29, 0.717) is 43.4 Å². The smallest absolute Gasteiger partial charge is 0.137 e. The SMILES string of the molecule is Cc1cc(OC[C@@]2(O)CN(Cc3ccc(OCCn4ccnc4C)cc3)CC[C@@H]2O)cc(C)c1Cl. The molecule has 4 rings (SSSR count). The zero-order chi connectivity index (χ0) is 25.0. The molecule has 1 aliphatic rings. The van der Waals surface area contributed by atoms with E-state index in [1.807, 2.05) is 63.4 Å². The average Bonchev–Trinajstić information content (AvgIpc) is 3.24. The van der Waals surface area contributed by atoms with Crippen molar-refractivity contribution in [3.63, 3.8) is 0 Å². The van der Waals surface area contributed by atoms with Crippen molar-refractivity contribution in [3.8, 4) is 11.5 Å². The molecule has 3 aromatic rings. The summed E-state index contributed by atoms with van der Waals surface area (Å²) in [6.07, 6.45) is 3.37. The molecular weight excluding hydrogens is 466 g/mol. The molecule has 7 nitrogen and oxygen atoms in total. The van der Waals surface area contributed by atoms with Crippen molar-refractivity contribution in [2.24, 2.45) is 0 Å². The van der Waals surface area contributed by atoms with E-state index in [4.69, 9.17) is 21.1 Å². The minimum atomic E-state index is -1.35. The Labute approximate surface area is 211 Å². The predicted octanol–water partition coefficient (Wildman–Crippen LogP) is 3.92. The third kappa shape index (κ3) is 6.35. The number of aryl methyl sites for hydroxylation is 3. The first kappa shape index (κ1) is 25.5. The second-order valence-corrected chi connectivity index (χ2v) is 9.82. The zero-order valence-electron chi connectivity index (χ0n) is 20.6. The van der Waals surface area contributed by atoms with E-state index in [1.54, 1.807) is 6.20 Å². The van der Waals surface area contributed by atoms with Gasteiger partial charge in [-0.15, -0.1) is 0 Å². The van der Waals surface area contributed by atoms with Crippen LogP contribution in [0.1, 0.15) is 28.9 Å². The Kier molecular flexibility index (Phi) is 8.02. The van der Waals surface area contributed by atoms with Crippen LogP contribution in [0.4, 0.5) is 0 Å². The molecular formula is C27H34ClN3O4. The molecule has 2 atom stereocenters. The molecule has 2 heterocycles. The molecule has 2 aromatic carbocycles. The third-order valence-corrected chi connectivity index (χ3v) is 7.19. The highest BCUT2D eigenvalue weighted by molar-refractivity contribution is 6.32. The van der Waals surface area contributed by atoms with Gasteiger partial charge in [-0.2, -0.15) is 0 Å². The fraction of sp³-hybridized carbons (Fsp3) is 0.444. The molecule has 1 fully saturated rings. The Morgan fingerprint density at radius 1 is 1.09 bits per heavy atom. The van der Waals surface area contributed by atoms with E-state index in [9.17, 15) is 10.2 Å². The van der Waals surface area contributed by atoms with Gasteiger partial charge in [0.25, 0.3) is 0 Å². The second-order valence-electron chi connectivity index (χ2n) is 9.44. The number of imidazole rings is 1. The fourth-order valence-electron chi connectivity index (χ4n) is 4.47. The van der Waals surface area contributed by atoms with Gasteiger partial charge in [-0.3, -0.25) is 4.90 Å². The lowest BCUT2D eigenvalue weighted by Crippen LogP contribution is -2.59. The zero-order valence-corrected chi connectivity index (χ0v) is 21.3. The summed E-state index contributed by atoms with van der Waals surface area (Å²) in [7, 11) is 0. The average molecular weight is 500 g/mol. The first-order chi connectivity index (χ1) is 16.7. The van der Waals surface area contributed by atoms with Crippen molar-refractivity contribution in [3.05, 3.63) is 76.3 Å². The molecule has 0 bridgehead atoms. The van der Waals surface area contributed by atoms with E-state index in [-0.39, 0.29) is 6.61 Å². The molecule has 0 amide bonds. The van der Waals surface area contributed by atoms with E-state index >= 15 is 0 Å². The number of benzene rings is 2. The number of β-amino-alcohol motifs (C(OH)–C–C–N with tert-alkyl or cyclic N) is 1. The molecule has 1 saturated heterocycles. The van der Waals surface area contributed by atoms with Crippen molar-refractivity contribution >= 4 is 11.6 Å². The molecule has 0 saturated carbocycles. The maximum absolute atomic E-state index is 11.2. The fourth-order valence-corrected chi connectivity index (χ4v) is 4.58. The molecule has 35 heavy (non-hydrogen) atoms. The summed E-state index contributed by atoms with van der Waals surface area (Å²) in [5.74, 6) is 2.43. The van der Waals surface area contributed by atoms with Crippen LogP contribution >= 0.6 is 11.6 Å². The highest BCUT2D eigenvalue weighted by Gasteiger charge is 2.42. The first-order valence-electron chi connectivity index (χ1n) is 12.0. The maximum atomic E-state index is 11.2. The number of hydrogen-bond acceptors (Lipinski definition) is 6. The summed E-state index contributed by atoms with van der Waals surface area (Å²) in [4.78, 5) is 6.36. The normalized spacial score (nSPS) is 20.7. The van der Waals surface area contributed by atoms with Crippen molar-refractivity contribution in [2.45, 2.75) is 52.0 Å². The number of aliphatic hydroxyl groups is 2. The van der Waals surface area contributed by atoms with Crippen molar-refractivity contribution < 1.29 is 19.7 Å². The standard InChI is InChI=1S/C27H34ClN3O4/c1-19-14-24(15-20(2)26(19)28)35-18-27(33)17-30(10-8-25(27)32)16-22-4-6-23(7-5-22)34-13-12-31-11-9-29-21(31)3/h4-7,9,11,14-15,25,32-33H,8,10,12-13,16-18H2,1-3H3/t25-,27-/m0/s1. The number of halogens is 1. The molecule has 0 unspecified atom stereocenters. The molecule has 2 N–H and O–H groups in total. The molecule has 0 aliphatic carbocycles. The lowest BCUT2D eigenvalue weighted by Gasteiger charge is -2.42. The monoisotopic (exact) mass is 499 g/mol. The van der Waals surface area contributed by atoms with E-state index in [0.717, 1.165) is 34.8 Å². The molecule has 188 valence electrons. The van der Waals surface area contributed by atoms with Crippen LogP contribution in [-0.2, 0) is 13.1 Å². The summed E-state index contributed by atoms with van der Waals surface area (Å²) in [5, 5.41) is 22.5. The summed E-state index contributed by atoms with van der Waals surface area (Å²) < 4.78 is 13.8. The number of hydrogen-bond donors (Lipinski definition) is 2. The second kappa shape index (κ2) is 11.0. The van der Waals surface area contributed by atoms with Gasteiger partial charge in [-0.1, -0.05) is 23.7 Å². The van der Waals surface area contributed by atoms with Crippen LogP contribution in [0.25, 0.3) is 0 Å². The number of likely N-dealkylation sites (tertiary alicyclic amines) is 1. The van der Waals surface area contributed by atoms with Crippen LogP contribution in [0.3, 0.4) is 0 Å². The van der Waals surface area contributed by atoms with Crippen molar-refractivity contribution in [1.82, 2.24) is 14.5 Å². The Hall–Kier alpha value is -2.58. The van der Waals surface area contributed by atoms with E-state index in [1.165, 1.54) is 0 Å². The molecule has 1 aliphatic heterocycles. The van der Waals surface area contributed by atoms with Gasteiger partial charge in [0, 0.05) is 37.1 Å². The quantitative estimate of drug-likeness (QED) is 0.464. The van der Waals surface area contributed by atoms with Crippen LogP contribution in [0.15, 0.2) is 48.8 Å². The maximum Gasteiger partial charge on any atom is 0.137 e. The molecule has 8 heteroatoms. The van der Waals surface area contributed by atoms with Crippen LogP contribution in [0, 0.1) is 20.8 Å². The third-order valence-electron chi connectivity index (χ3n) is 6.59. The highest BCUT2D eigenvalue weighted by Crippen LogP contribution is 2.29. The van der Waals surface area contributed by atoms with Gasteiger partial charge in [0.05, 0.1) is 12.6 Å². The molecule has 0 spiro atoms. The van der Waals surface area contributed by atoms with Crippen LogP contribution in [-0.4, -0.2) is 62.7 Å². The summed E-state index contributed by atoms with van der Waals surface area (Å²) in [6, 6.07) is 11.7. The number of rotatable bonds is 9. The Morgan fingerprint density at radius 2 is 1.80 bits per heavy atom. The number of aromatic nitrogens is 2. The topological polar surface area (TPSA) is 80.0 Å².